The minimum Gasteiger partial charge on any atom is -0.481 e. The molecule has 10 nitrogen and oxygen atoms in total. The summed E-state index contributed by atoms with van der Waals surface area (Å²) < 4.78 is 0. The number of aliphatic carboxylic acids is 2. The number of unbranched alkanes of at least 4 members (excludes halogenated alkanes) is 4. The molecule has 302 valence electrons. The van der Waals surface area contributed by atoms with Crippen molar-refractivity contribution >= 4 is 23.8 Å². The number of carbonyl (C=O) groups is 4. The van der Waals surface area contributed by atoms with Crippen molar-refractivity contribution in [2.24, 2.45) is 5.41 Å². The number of carboxylic acid groups (broad SMARTS) is 2. The fraction of sp³-hybridized carbons (Fsp3) is 0.727. The molecule has 4 aliphatic heterocycles. The Labute approximate surface area is 325 Å². The summed E-state index contributed by atoms with van der Waals surface area (Å²) in [6.07, 6.45) is 23.9. The van der Waals surface area contributed by atoms with Crippen molar-refractivity contribution in [2.75, 3.05) is 26.2 Å². The molecule has 0 aromatic carbocycles. The molecule has 0 aliphatic carbocycles. The van der Waals surface area contributed by atoms with Crippen LogP contribution in [0.15, 0.2) is 48.6 Å². The lowest BCUT2D eigenvalue weighted by atomic mass is 9.71. The number of piperidine rings is 2. The van der Waals surface area contributed by atoms with Gasteiger partial charge in [0.25, 0.3) is 0 Å². The Morgan fingerprint density at radius 1 is 0.611 bits per heavy atom. The van der Waals surface area contributed by atoms with Gasteiger partial charge < -0.3 is 20.0 Å². The van der Waals surface area contributed by atoms with Gasteiger partial charge in [-0.05, 0) is 107 Å². The van der Waals surface area contributed by atoms with E-state index < -0.39 is 17.4 Å². The minimum absolute atomic E-state index is 0.0412. The van der Waals surface area contributed by atoms with Crippen LogP contribution < -0.4 is 0 Å². The number of carbonyl (C=O) groups excluding carboxylic acids is 2. The lowest BCUT2D eigenvalue weighted by molar-refractivity contribution is -0.155. The van der Waals surface area contributed by atoms with Crippen molar-refractivity contribution in [1.82, 2.24) is 19.6 Å². The van der Waals surface area contributed by atoms with E-state index >= 15 is 0 Å². The van der Waals surface area contributed by atoms with Crippen LogP contribution in [0.3, 0.4) is 0 Å². The number of hydrogen-bond acceptors (Lipinski definition) is 6. The number of hydrogen-bond donors (Lipinski definition) is 2. The van der Waals surface area contributed by atoms with Crippen LogP contribution in [-0.4, -0.2) is 114 Å². The number of allylic oxidation sites excluding steroid dienone is 4. The Morgan fingerprint density at radius 2 is 1.00 bits per heavy atom. The summed E-state index contributed by atoms with van der Waals surface area (Å²) in [5, 5.41) is 20.3. The van der Waals surface area contributed by atoms with Crippen molar-refractivity contribution < 1.29 is 29.4 Å². The predicted octanol–water partition coefficient (Wildman–Crippen LogP) is 7.61. The van der Waals surface area contributed by atoms with Crippen LogP contribution in [0.4, 0.5) is 0 Å². The lowest BCUT2D eigenvalue weighted by Crippen LogP contribution is -2.65. The first-order valence-electron chi connectivity index (χ1n) is 20.5. The van der Waals surface area contributed by atoms with E-state index in [-0.39, 0.29) is 52.5 Å². The normalized spacial score (nSPS) is 23.5. The average molecular weight is 751 g/mol. The van der Waals surface area contributed by atoms with Gasteiger partial charge in [-0.2, -0.15) is 0 Å². The van der Waals surface area contributed by atoms with Gasteiger partial charge in [-0.25, -0.2) is 0 Å². The van der Waals surface area contributed by atoms with Gasteiger partial charge in [0.05, 0.1) is 5.41 Å². The second kappa shape index (κ2) is 17.7. The quantitative estimate of drug-likeness (QED) is 0.146. The molecule has 0 unspecified atom stereocenters. The van der Waals surface area contributed by atoms with E-state index in [1.807, 2.05) is 46.3 Å². The van der Waals surface area contributed by atoms with Gasteiger partial charge >= 0.3 is 11.9 Å². The van der Waals surface area contributed by atoms with Crippen molar-refractivity contribution in [1.29, 1.82) is 0 Å². The Kier molecular flexibility index (Phi) is 14.3. The second-order valence-electron chi connectivity index (χ2n) is 19.0. The number of nitrogens with zero attached hydrogens (tertiary/aromatic N) is 4. The van der Waals surface area contributed by atoms with Crippen LogP contribution in [0.1, 0.15) is 139 Å². The first kappa shape index (κ1) is 43.5. The lowest BCUT2D eigenvalue weighted by Gasteiger charge is -2.58. The molecular formula is C44H70N4O6. The van der Waals surface area contributed by atoms with Crippen LogP contribution in [0, 0.1) is 5.41 Å². The molecule has 0 atom stereocenters. The third-order valence-electron chi connectivity index (χ3n) is 13.0. The summed E-state index contributed by atoms with van der Waals surface area (Å²) in [5.41, 5.74) is -1.99. The highest BCUT2D eigenvalue weighted by Crippen LogP contribution is 2.45. The van der Waals surface area contributed by atoms with E-state index in [1.54, 1.807) is 12.2 Å². The summed E-state index contributed by atoms with van der Waals surface area (Å²) in [7, 11) is 0. The van der Waals surface area contributed by atoms with Crippen molar-refractivity contribution in [2.45, 2.75) is 173 Å². The van der Waals surface area contributed by atoms with E-state index in [1.165, 1.54) is 0 Å². The molecule has 54 heavy (non-hydrogen) atoms. The molecule has 2 N–H and O–H groups in total. The van der Waals surface area contributed by atoms with Crippen molar-refractivity contribution in [3.05, 3.63) is 48.6 Å². The largest absolute Gasteiger partial charge is 0.481 e. The highest BCUT2D eigenvalue weighted by Gasteiger charge is 2.51. The van der Waals surface area contributed by atoms with E-state index in [9.17, 15) is 24.3 Å². The van der Waals surface area contributed by atoms with Crippen molar-refractivity contribution in [3.63, 3.8) is 0 Å². The summed E-state index contributed by atoms with van der Waals surface area (Å²) in [6.45, 7) is 20.4. The summed E-state index contributed by atoms with van der Waals surface area (Å²) >= 11 is 0. The maximum absolute atomic E-state index is 13.7. The third kappa shape index (κ3) is 10.7. The van der Waals surface area contributed by atoms with Crippen molar-refractivity contribution in [3.8, 4) is 0 Å². The van der Waals surface area contributed by atoms with E-state index in [0.29, 0.717) is 51.9 Å². The fourth-order valence-electron chi connectivity index (χ4n) is 10.6. The van der Waals surface area contributed by atoms with Gasteiger partial charge in [0.1, 0.15) is 0 Å². The zero-order valence-electron chi connectivity index (χ0n) is 34.6. The smallest absolute Gasteiger partial charge is 0.309 e. The molecule has 0 radical (unpaired) electrons. The second-order valence-corrected chi connectivity index (χ2v) is 19.0. The average Bonchev–Trinajstić information content (AvgIpc) is 3.40. The van der Waals surface area contributed by atoms with Crippen LogP contribution in [0.5, 0.6) is 0 Å². The Bertz CT molecular complexity index is 1350. The molecule has 2 fully saturated rings. The fourth-order valence-corrected chi connectivity index (χ4v) is 10.6. The number of rotatable bonds is 17. The first-order chi connectivity index (χ1) is 25.2. The maximum Gasteiger partial charge on any atom is 0.309 e. The molecule has 10 heteroatoms. The topological polar surface area (TPSA) is 122 Å². The molecule has 2 saturated heterocycles. The van der Waals surface area contributed by atoms with Gasteiger partial charge in [0.15, 0.2) is 0 Å². The van der Waals surface area contributed by atoms with Crippen LogP contribution in [0.25, 0.3) is 0 Å². The Morgan fingerprint density at radius 3 is 1.39 bits per heavy atom. The van der Waals surface area contributed by atoms with Gasteiger partial charge in [0, 0.05) is 79.0 Å². The summed E-state index contributed by atoms with van der Waals surface area (Å²) in [6, 6.07) is 0.168. The molecule has 4 rings (SSSR count). The molecule has 0 saturated carbocycles. The first-order valence-corrected chi connectivity index (χ1v) is 20.5. The number of carboxylic acids is 2. The van der Waals surface area contributed by atoms with Crippen LogP contribution in [0.2, 0.25) is 0 Å². The SMILES string of the molecule is CC1(C)CC(N2CC=CC=CC2=O)CC(C)(C)N1CCC(CCCCCCCC(=O)O)(CCN1C(C)(C)CC(N2CC=CC=CC2=O)CC1(C)C)C(=O)O. The Hall–Kier alpha value is -3.24. The molecule has 0 spiro atoms. The number of amides is 2. The van der Waals surface area contributed by atoms with Gasteiger partial charge in [-0.1, -0.05) is 62.1 Å². The Balaban J connectivity index is 1.54. The zero-order valence-corrected chi connectivity index (χ0v) is 34.6. The molecule has 0 bridgehead atoms. The van der Waals surface area contributed by atoms with Gasteiger partial charge in [0.2, 0.25) is 11.8 Å². The van der Waals surface area contributed by atoms with Gasteiger partial charge in [-0.15, -0.1) is 0 Å². The molecule has 4 aliphatic rings. The summed E-state index contributed by atoms with van der Waals surface area (Å²) in [4.78, 5) is 59.8. The highest BCUT2D eigenvalue weighted by atomic mass is 16.4. The standard InChI is InChI=1S/C44H70N4O6/c1-40(2)30-34(45-26-18-12-14-20-36(45)49)31-41(3,4)47(40)28-24-44(39(53)54,23-17-11-9-10-16-22-38(51)52)25-29-48-42(5,6)32-35(33-43(48,7)8)46-27-19-13-15-21-37(46)50/h12-15,18-21,34-35H,9-11,16-17,22-33H2,1-8H3,(H,51,52)(H,53,54). The molecule has 2 amide bonds. The predicted molar refractivity (Wildman–Crippen MR) is 215 cm³/mol. The number of likely N-dealkylation sites (tertiary alicyclic amines) is 2. The molecule has 0 aromatic rings. The minimum atomic E-state index is -0.945. The van der Waals surface area contributed by atoms with Gasteiger partial charge in [-0.3, -0.25) is 29.0 Å². The summed E-state index contributed by atoms with van der Waals surface area (Å²) in [5.74, 6) is -1.44. The maximum atomic E-state index is 13.7. The van der Waals surface area contributed by atoms with Crippen LogP contribution >= 0.6 is 0 Å². The molecular weight excluding hydrogens is 681 g/mol. The van der Waals surface area contributed by atoms with E-state index in [2.05, 4.69) is 65.2 Å². The van der Waals surface area contributed by atoms with Crippen LogP contribution in [-0.2, 0) is 19.2 Å². The zero-order chi connectivity index (χ0) is 40.0. The molecule has 4 heterocycles. The van der Waals surface area contributed by atoms with E-state index in [0.717, 1.165) is 51.4 Å². The monoisotopic (exact) mass is 751 g/mol. The molecule has 0 aromatic heterocycles. The highest BCUT2D eigenvalue weighted by molar-refractivity contribution is 5.89. The third-order valence-corrected chi connectivity index (χ3v) is 13.0. The van der Waals surface area contributed by atoms with E-state index in [4.69, 9.17) is 5.11 Å².